The van der Waals surface area contributed by atoms with Gasteiger partial charge in [0.15, 0.2) is 0 Å². The predicted molar refractivity (Wildman–Crippen MR) is 68.4 cm³/mol. The number of hydrogen-bond donors (Lipinski definition) is 1. The Morgan fingerprint density at radius 3 is 2.71 bits per heavy atom. The Kier molecular flexibility index (Phi) is 3.69. The molecule has 0 radical (unpaired) electrons. The van der Waals surface area contributed by atoms with Gasteiger partial charge in [0, 0.05) is 13.1 Å². The number of morpholine rings is 1. The molecule has 1 N–H and O–H groups in total. The number of rotatable bonds is 3. The molecule has 1 saturated heterocycles. The van der Waals surface area contributed by atoms with Crippen molar-refractivity contribution in [3.63, 3.8) is 0 Å². The first-order chi connectivity index (χ1) is 8.17. The molecule has 0 bridgehead atoms. The van der Waals surface area contributed by atoms with E-state index < -0.39 is 0 Å². The average Bonchev–Trinajstić information content (AvgIpc) is 2.39. The summed E-state index contributed by atoms with van der Waals surface area (Å²) in [7, 11) is 1.68. The van der Waals surface area contributed by atoms with Crippen LogP contribution in [0, 0.1) is 0 Å². The monoisotopic (exact) mass is 235 g/mol. The maximum absolute atomic E-state index is 6.18. The fourth-order valence-electron chi connectivity index (χ4n) is 2.11. The minimum Gasteiger partial charge on any atom is -0.497 e. The lowest BCUT2D eigenvalue weighted by atomic mass is 9.98. The Hall–Kier alpha value is -1.06. The van der Waals surface area contributed by atoms with Crippen LogP contribution in [0.2, 0.25) is 0 Å². The third kappa shape index (κ3) is 2.79. The Morgan fingerprint density at radius 2 is 2.12 bits per heavy atom. The van der Waals surface area contributed by atoms with Gasteiger partial charge in [0.05, 0.1) is 18.8 Å². The van der Waals surface area contributed by atoms with E-state index in [-0.39, 0.29) is 11.7 Å². The van der Waals surface area contributed by atoms with Gasteiger partial charge >= 0.3 is 0 Å². The van der Waals surface area contributed by atoms with Crippen LogP contribution in [0.3, 0.4) is 0 Å². The number of methoxy groups -OCH3 is 1. The van der Waals surface area contributed by atoms with Crippen molar-refractivity contribution in [1.29, 1.82) is 0 Å². The number of nitrogens with one attached hydrogen (secondary N) is 1. The molecule has 0 spiro atoms. The van der Waals surface area contributed by atoms with Crippen molar-refractivity contribution in [2.45, 2.75) is 32.0 Å². The highest BCUT2D eigenvalue weighted by Gasteiger charge is 2.31. The van der Waals surface area contributed by atoms with Crippen LogP contribution in [0.1, 0.15) is 31.9 Å². The first-order valence-electron chi connectivity index (χ1n) is 6.19. The summed E-state index contributed by atoms with van der Waals surface area (Å²) in [5, 5.41) is 3.45. The Labute approximate surface area is 103 Å². The fourth-order valence-corrected chi connectivity index (χ4v) is 2.11. The van der Waals surface area contributed by atoms with Crippen molar-refractivity contribution in [1.82, 2.24) is 5.32 Å². The summed E-state index contributed by atoms with van der Waals surface area (Å²) >= 11 is 0. The molecule has 2 unspecified atom stereocenters. The maximum Gasteiger partial charge on any atom is 0.118 e. The summed E-state index contributed by atoms with van der Waals surface area (Å²) in [6.45, 7) is 6.13. The first-order valence-corrected chi connectivity index (χ1v) is 6.19. The standard InChI is InChI=1S/C14H21NO2/c1-4-14(2)10-15-9-13(17-14)11-5-7-12(16-3)8-6-11/h5-8,13,15H,4,9-10H2,1-3H3. The van der Waals surface area contributed by atoms with Gasteiger partial charge in [0.2, 0.25) is 0 Å². The molecule has 17 heavy (non-hydrogen) atoms. The van der Waals surface area contributed by atoms with Crippen molar-refractivity contribution < 1.29 is 9.47 Å². The van der Waals surface area contributed by atoms with Gasteiger partial charge in [-0.2, -0.15) is 0 Å². The Morgan fingerprint density at radius 1 is 1.41 bits per heavy atom. The quantitative estimate of drug-likeness (QED) is 0.873. The van der Waals surface area contributed by atoms with Gasteiger partial charge in [0.1, 0.15) is 5.75 Å². The minimum absolute atomic E-state index is 0.0527. The highest BCUT2D eigenvalue weighted by atomic mass is 16.5. The van der Waals surface area contributed by atoms with Crippen molar-refractivity contribution in [2.75, 3.05) is 20.2 Å². The fraction of sp³-hybridized carbons (Fsp3) is 0.571. The second kappa shape index (κ2) is 5.07. The van der Waals surface area contributed by atoms with Crippen molar-refractivity contribution in [2.24, 2.45) is 0 Å². The van der Waals surface area contributed by atoms with Crippen molar-refractivity contribution in [3.05, 3.63) is 29.8 Å². The molecule has 3 heteroatoms. The Bertz CT molecular complexity index is 363. The molecule has 1 heterocycles. The largest absolute Gasteiger partial charge is 0.497 e. The molecule has 1 fully saturated rings. The molecule has 2 atom stereocenters. The maximum atomic E-state index is 6.18. The molecular weight excluding hydrogens is 214 g/mol. The second-order valence-corrected chi connectivity index (χ2v) is 4.81. The van der Waals surface area contributed by atoms with E-state index in [1.807, 2.05) is 12.1 Å². The molecule has 0 aromatic heterocycles. The van der Waals surface area contributed by atoms with Crippen molar-refractivity contribution in [3.8, 4) is 5.75 Å². The molecule has 0 aliphatic carbocycles. The zero-order chi connectivity index (χ0) is 12.3. The van der Waals surface area contributed by atoms with Crippen molar-refractivity contribution >= 4 is 0 Å². The van der Waals surface area contributed by atoms with E-state index in [0.29, 0.717) is 0 Å². The molecule has 1 aliphatic heterocycles. The van der Waals surface area contributed by atoms with Gasteiger partial charge in [-0.25, -0.2) is 0 Å². The van der Waals surface area contributed by atoms with Gasteiger partial charge in [-0.3, -0.25) is 0 Å². The SMILES string of the molecule is CCC1(C)CNCC(c2ccc(OC)cc2)O1. The third-order valence-electron chi connectivity index (χ3n) is 3.49. The van der Waals surface area contributed by atoms with Crippen LogP contribution >= 0.6 is 0 Å². The summed E-state index contributed by atoms with van der Waals surface area (Å²) in [6, 6.07) is 8.12. The van der Waals surface area contributed by atoms with E-state index in [1.165, 1.54) is 5.56 Å². The normalized spacial score (nSPS) is 29.0. The molecule has 2 rings (SSSR count). The second-order valence-electron chi connectivity index (χ2n) is 4.81. The van der Waals surface area contributed by atoms with E-state index in [0.717, 1.165) is 25.3 Å². The molecule has 0 saturated carbocycles. The van der Waals surface area contributed by atoms with E-state index in [1.54, 1.807) is 7.11 Å². The van der Waals surface area contributed by atoms with E-state index in [2.05, 4.69) is 31.3 Å². The van der Waals surface area contributed by atoms with Crippen LogP contribution in [-0.4, -0.2) is 25.8 Å². The van der Waals surface area contributed by atoms with E-state index >= 15 is 0 Å². The predicted octanol–water partition coefficient (Wildman–Crippen LogP) is 2.52. The van der Waals surface area contributed by atoms with Gasteiger partial charge < -0.3 is 14.8 Å². The van der Waals surface area contributed by atoms with Crippen LogP contribution in [-0.2, 0) is 4.74 Å². The molecular formula is C14H21NO2. The molecule has 0 amide bonds. The molecule has 3 nitrogen and oxygen atoms in total. The highest BCUT2D eigenvalue weighted by molar-refractivity contribution is 5.29. The van der Waals surface area contributed by atoms with Crippen LogP contribution in [0.4, 0.5) is 0 Å². The lowest BCUT2D eigenvalue weighted by Gasteiger charge is -2.39. The van der Waals surface area contributed by atoms with Gasteiger partial charge in [-0.15, -0.1) is 0 Å². The number of benzene rings is 1. The zero-order valence-corrected chi connectivity index (χ0v) is 10.8. The molecule has 1 aliphatic rings. The number of hydrogen-bond acceptors (Lipinski definition) is 3. The summed E-state index contributed by atoms with van der Waals surface area (Å²) in [4.78, 5) is 0. The molecule has 1 aromatic carbocycles. The summed E-state index contributed by atoms with van der Waals surface area (Å²) < 4.78 is 11.3. The van der Waals surface area contributed by atoms with Gasteiger partial charge in [-0.1, -0.05) is 19.1 Å². The average molecular weight is 235 g/mol. The third-order valence-corrected chi connectivity index (χ3v) is 3.49. The topological polar surface area (TPSA) is 30.5 Å². The van der Waals surface area contributed by atoms with Crippen LogP contribution in [0.25, 0.3) is 0 Å². The lowest BCUT2D eigenvalue weighted by molar-refractivity contribution is -0.109. The van der Waals surface area contributed by atoms with Crippen LogP contribution in [0.15, 0.2) is 24.3 Å². The highest BCUT2D eigenvalue weighted by Crippen LogP contribution is 2.29. The minimum atomic E-state index is -0.0527. The van der Waals surface area contributed by atoms with Crippen LogP contribution in [0.5, 0.6) is 5.75 Å². The molecule has 1 aromatic rings. The lowest BCUT2D eigenvalue weighted by Crippen LogP contribution is -2.48. The van der Waals surface area contributed by atoms with E-state index in [4.69, 9.17) is 9.47 Å². The molecule has 94 valence electrons. The summed E-state index contributed by atoms with van der Waals surface area (Å²) in [5.41, 5.74) is 1.15. The zero-order valence-electron chi connectivity index (χ0n) is 10.8. The number of ether oxygens (including phenoxy) is 2. The smallest absolute Gasteiger partial charge is 0.118 e. The first kappa shape index (κ1) is 12.4. The van der Waals surface area contributed by atoms with Gasteiger partial charge in [0.25, 0.3) is 0 Å². The van der Waals surface area contributed by atoms with Crippen LogP contribution < -0.4 is 10.1 Å². The summed E-state index contributed by atoms with van der Waals surface area (Å²) in [6.07, 6.45) is 1.16. The van der Waals surface area contributed by atoms with Gasteiger partial charge in [-0.05, 0) is 31.0 Å². The summed E-state index contributed by atoms with van der Waals surface area (Å²) in [5.74, 6) is 0.885. The van der Waals surface area contributed by atoms with E-state index in [9.17, 15) is 0 Å². The Balaban J connectivity index is 2.10.